The second-order valence-corrected chi connectivity index (χ2v) is 4.37. The summed E-state index contributed by atoms with van der Waals surface area (Å²) in [4.78, 5) is 17.6. The lowest BCUT2D eigenvalue weighted by molar-refractivity contribution is -0.130. The molecule has 18 heavy (non-hydrogen) atoms. The number of aromatic nitrogens is 1. The number of pyridine rings is 1. The Hall–Kier alpha value is -1.62. The second kappa shape index (κ2) is 6.96. The number of nitrogens with zero attached hydrogens (tertiary/aromatic N) is 2. The smallest absolute Gasteiger partial charge is 0.236 e. The molecular formula is C13H21N3O2. The van der Waals surface area contributed by atoms with Crippen LogP contribution in [0.4, 0.5) is 0 Å². The third-order valence-corrected chi connectivity index (χ3v) is 2.80. The lowest BCUT2D eigenvalue weighted by Crippen LogP contribution is -2.39. The molecule has 1 amide bonds. The van der Waals surface area contributed by atoms with Gasteiger partial charge in [-0.2, -0.15) is 0 Å². The first-order chi connectivity index (χ1) is 8.56. The first-order valence-electron chi connectivity index (χ1n) is 6.00. The molecule has 0 aliphatic rings. The predicted molar refractivity (Wildman–Crippen MR) is 70.4 cm³/mol. The summed E-state index contributed by atoms with van der Waals surface area (Å²) >= 11 is 0. The molecule has 0 saturated heterocycles. The number of ether oxygens (including phenoxy) is 1. The molecule has 0 aliphatic carbocycles. The highest BCUT2D eigenvalue weighted by Crippen LogP contribution is 2.12. The van der Waals surface area contributed by atoms with Gasteiger partial charge >= 0.3 is 0 Å². The van der Waals surface area contributed by atoms with Gasteiger partial charge in [-0.1, -0.05) is 6.07 Å². The first kappa shape index (κ1) is 14.4. The van der Waals surface area contributed by atoms with Crippen LogP contribution in [0.3, 0.4) is 0 Å². The number of methoxy groups -OCH3 is 1. The average molecular weight is 251 g/mol. The van der Waals surface area contributed by atoms with Gasteiger partial charge in [0.25, 0.3) is 0 Å². The fourth-order valence-electron chi connectivity index (χ4n) is 1.46. The summed E-state index contributed by atoms with van der Waals surface area (Å²) in [5.41, 5.74) is 0.944. The maximum Gasteiger partial charge on any atom is 0.236 e. The van der Waals surface area contributed by atoms with Crippen molar-refractivity contribution in [3.8, 4) is 5.88 Å². The first-order valence-corrected chi connectivity index (χ1v) is 6.00. The number of rotatable bonds is 6. The Kier molecular flexibility index (Phi) is 5.58. The summed E-state index contributed by atoms with van der Waals surface area (Å²) in [7, 11) is 3.39. The minimum absolute atomic E-state index is 0.0767. The molecule has 0 aromatic carbocycles. The fourth-order valence-corrected chi connectivity index (χ4v) is 1.46. The van der Waals surface area contributed by atoms with Gasteiger partial charge in [0.15, 0.2) is 0 Å². The van der Waals surface area contributed by atoms with Crippen molar-refractivity contribution in [3.63, 3.8) is 0 Å². The summed E-state index contributed by atoms with van der Waals surface area (Å²) in [5.74, 6) is 0.669. The minimum atomic E-state index is 0.0767. The van der Waals surface area contributed by atoms with Crippen LogP contribution in [0.25, 0.3) is 0 Å². The van der Waals surface area contributed by atoms with Gasteiger partial charge in [0.05, 0.1) is 13.7 Å². The number of nitrogens with one attached hydrogen (secondary N) is 1. The lowest BCUT2D eigenvalue weighted by Gasteiger charge is -2.21. The van der Waals surface area contributed by atoms with E-state index in [9.17, 15) is 4.79 Å². The number of amides is 1. The van der Waals surface area contributed by atoms with Crippen LogP contribution in [0.2, 0.25) is 0 Å². The molecule has 0 radical (unpaired) electrons. The Morgan fingerprint density at radius 1 is 1.56 bits per heavy atom. The molecule has 0 bridgehead atoms. The Labute approximate surface area is 108 Å². The number of hydrogen-bond donors (Lipinski definition) is 1. The van der Waals surface area contributed by atoms with Gasteiger partial charge in [0, 0.05) is 31.4 Å². The molecule has 0 saturated carbocycles. The number of hydrogen-bond acceptors (Lipinski definition) is 4. The van der Waals surface area contributed by atoms with Crippen LogP contribution < -0.4 is 10.1 Å². The van der Waals surface area contributed by atoms with Crippen molar-refractivity contribution in [3.05, 3.63) is 23.9 Å². The zero-order valence-electron chi connectivity index (χ0n) is 11.4. The largest absolute Gasteiger partial charge is 0.481 e. The van der Waals surface area contributed by atoms with Gasteiger partial charge in [-0.3, -0.25) is 4.79 Å². The predicted octanol–water partition coefficient (Wildman–Crippen LogP) is 1.05. The molecule has 1 aromatic heterocycles. The molecule has 0 aliphatic heterocycles. The highest BCUT2D eigenvalue weighted by molar-refractivity contribution is 5.78. The molecule has 100 valence electrons. The van der Waals surface area contributed by atoms with E-state index in [2.05, 4.69) is 10.3 Å². The monoisotopic (exact) mass is 251 g/mol. The molecule has 5 nitrogen and oxygen atoms in total. The second-order valence-electron chi connectivity index (χ2n) is 4.37. The standard InChI is InChI=1S/C13H21N3O2/c1-10(2)16(3)12(17)9-14-8-11-6-5-7-15-13(11)18-4/h5-7,10,14H,8-9H2,1-4H3. The third kappa shape index (κ3) is 4.00. The summed E-state index contributed by atoms with van der Waals surface area (Å²) in [6.07, 6.45) is 1.68. The zero-order chi connectivity index (χ0) is 13.5. The summed E-state index contributed by atoms with van der Waals surface area (Å²) in [5, 5.41) is 3.10. The van der Waals surface area contributed by atoms with E-state index in [0.717, 1.165) is 5.56 Å². The van der Waals surface area contributed by atoms with E-state index < -0.39 is 0 Å². The van der Waals surface area contributed by atoms with Crippen molar-refractivity contribution in [2.45, 2.75) is 26.4 Å². The molecule has 0 fully saturated rings. The number of carbonyl (C=O) groups excluding carboxylic acids is 1. The van der Waals surface area contributed by atoms with E-state index in [0.29, 0.717) is 19.0 Å². The van der Waals surface area contributed by atoms with Crippen molar-refractivity contribution in [2.75, 3.05) is 20.7 Å². The van der Waals surface area contributed by atoms with Gasteiger partial charge in [0.2, 0.25) is 11.8 Å². The van der Waals surface area contributed by atoms with Crippen molar-refractivity contribution in [2.24, 2.45) is 0 Å². The van der Waals surface area contributed by atoms with E-state index >= 15 is 0 Å². The molecule has 0 spiro atoms. The topological polar surface area (TPSA) is 54.5 Å². The molecule has 1 N–H and O–H groups in total. The van der Waals surface area contributed by atoms with Gasteiger partial charge in [-0.05, 0) is 19.9 Å². The van der Waals surface area contributed by atoms with E-state index in [1.54, 1.807) is 25.3 Å². The third-order valence-electron chi connectivity index (χ3n) is 2.80. The van der Waals surface area contributed by atoms with Crippen LogP contribution >= 0.6 is 0 Å². The highest BCUT2D eigenvalue weighted by atomic mass is 16.5. The van der Waals surface area contributed by atoms with Crippen LogP contribution in [-0.4, -0.2) is 42.5 Å². The van der Waals surface area contributed by atoms with Gasteiger partial charge < -0.3 is 15.0 Å². The minimum Gasteiger partial charge on any atom is -0.481 e. The molecular weight excluding hydrogens is 230 g/mol. The summed E-state index contributed by atoms with van der Waals surface area (Å²) in [6.45, 7) is 4.85. The molecule has 1 rings (SSSR count). The Morgan fingerprint density at radius 2 is 2.28 bits per heavy atom. The van der Waals surface area contributed by atoms with Gasteiger partial charge in [-0.15, -0.1) is 0 Å². The van der Waals surface area contributed by atoms with Crippen molar-refractivity contribution >= 4 is 5.91 Å². The van der Waals surface area contributed by atoms with Crippen LogP contribution in [0.1, 0.15) is 19.4 Å². The van der Waals surface area contributed by atoms with Gasteiger partial charge in [-0.25, -0.2) is 4.98 Å². The van der Waals surface area contributed by atoms with Crippen molar-refractivity contribution in [1.82, 2.24) is 15.2 Å². The Bertz CT molecular complexity index is 394. The zero-order valence-corrected chi connectivity index (χ0v) is 11.4. The number of likely N-dealkylation sites (N-methyl/N-ethyl adjacent to an activating group) is 1. The van der Waals surface area contributed by atoms with Crippen molar-refractivity contribution in [1.29, 1.82) is 0 Å². The van der Waals surface area contributed by atoms with Crippen molar-refractivity contribution < 1.29 is 9.53 Å². The highest BCUT2D eigenvalue weighted by Gasteiger charge is 2.11. The molecule has 1 aromatic rings. The van der Waals surface area contributed by atoms with Crippen LogP contribution in [0, 0.1) is 0 Å². The van der Waals surface area contributed by atoms with Gasteiger partial charge in [0.1, 0.15) is 0 Å². The van der Waals surface area contributed by atoms with E-state index in [-0.39, 0.29) is 11.9 Å². The van der Waals surface area contributed by atoms with E-state index in [4.69, 9.17) is 4.74 Å². The Morgan fingerprint density at radius 3 is 2.89 bits per heavy atom. The molecule has 5 heteroatoms. The summed E-state index contributed by atoms with van der Waals surface area (Å²) < 4.78 is 5.14. The van der Waals surface area contributed by atoms with Crippen LogP contribution in [0.15, 0.2) is 18.3 Å². The quantitative estimate of drug-likeness (QED) is 0.821. The normalized spacial score (nSPS) is 10.5. The SMILES string of the molecule is COc1ncccc1CNCC(=O)N(C)C(C)C. The fraction of sp³-hybridized carbons (Fsp3) is 0.538. The van der Waals surface area contributed by atoms with E-state index in [1.807, 2.05) is 26.0 Å². The molecule has 1 heterocycles. The maximum absolute atomic E-state index is 11.7. The average Bonchev–Trinajstić information content (AvgIpc) is 2.38. The maximum atomic E-state index is 11.7. The van der Waals surface area contributed by atoms with E-state index in [1.165, 1.54) is 0 Å². The van der Waals surface area contributed by atoms with Crippen LogP contribution in [-0.2, 0) is 11.3 Å². The summed E-state index contributed by atoms with van der Waals surface area (Å²) in [6, 6.07) is 3.99. The molecule has 0 atom stereocenters. The van der Waals surface area contributed by atoms with Crippen LogP contribution in [0.5, 0.6) is 5.88 Å². The lowest BCUT2D eigenvalue weighted by atomic mass is 10.2. The Balaban J connectivity index is 2.44. The molecule has 0 unspecified atom stereocenters. The number of carbonyl (C=O) groups is 1.